The highest BCUT2D eigenvalue weighted by atomic mass is 32.1. The molecule has 1 fully saturated rings. The third-order valence-electron chi connectivity index (χ3n) is 2.99. The first-order chi connectivity index (χ1) is 10.2. The van der Waals surface area contributed by atoms with Crippen LogP contribution in [0.1, 0.15) is 5.56 Å². The first kappa shape index (κ1) is 14.0. The van der Waals surface area contributed by atoms with Crippen molar-refractivity contribution in [1.82, 2.24) is 0 Å². The van der Waals surface area contributed by atoms with Crippen LogP contribution in [0.3, 0.4) is 0 Å². The average Bonchev–Trinajstić information content (AvgIpc) is 3.14. The van der Waals surface area contributed by atoms with Crippen molar-refractivity contribution >= 4 is 22.9 Å². The van der Waals surface area contributed by atoms with Crippen molar-refractivity contribution in [2.45, 2.75) is 12.5 Å². The van der Waals surface area contributed by atoms with E-state index in [1.165, 1.54) is 23.5 Å². The number of epoxide rings is 1. The Morgan fingerprint density at radius 3 is 3.00 bits per heavy atom. The summed E-state index contributed by atoms with van der Waals surface area (Å²) in [5.74, 6) is -0.502. The van der Waals surface area contributed by atoms with E-state index < -0.39 is 5.82 Å². The van der Waals surface area contributed by atoms with Crippen LogP contribution in [0.2, 0.25) is 0 Å². The van der Waals surface area contributed by atoms with Crippen LogP contribution in [0.4, 0.5) is 10.1 Å². The van der Waals surface area contributed by atoms with Gasteiger partial charge in [-0.25, -0.2) is 4.39 Å². The van der Waals surface area contributed by atoms with Gasteiger partial charge in [-0.2, -0.15) is 11.3 Å². The van der Waals surface area contributed by atoms with Gasteiger partial charge in [0.2, 0.25) is 5.91 Å². The van der Waals surface area contributed by atoms with Gasteiger partial charge < -0.3 is 14.8 Å². The average molecular weight is 307 g/mol. The highest BCUT2D eigenvalue weighted by Gasteiger charge is 2.23. The molecule has 0 aliphatic carbocycles. The molecule has 0 radical (unpaired) electrons. The molecule has 3 rings (SSSR count). The number of benzene rings is 1. The Morgan fingerprint density at radius 1 is 1.48 bits per heavy atom. The molecule has 1 N–H and O–H groups in total. The molecule has 0 bridgehead atoms. The second kappa shape index (κ2) is 6.24. The number of rotatable bonds is 6. The molecule has 0 saturated carbocycles. The molecule has 1 atom stereocenters. The molecule has 0 spiro atoms. The third kappa shape index (κ3) is 4.03. The first-order valence-corrected chi connectivity index (χ1v) is 7.50. The Morgan fingerprint density at radius 2 is 2.33 bits per heavy atom. The van der Waals surface area contributed by atoms with E-state index in [0.29, 0.717) is 18.9 Å². The molecule has 4 nitrogen and oxygen atoms in total. The third-order valence-corrected chi connectivity index (χ3v) is 3.72. The summed E-state index contributed by atoms with van der Waals surface area (Å²) in [6.07, 6.45) is 0.358. The molecule has 1 aromatic heterocycles. The van der Waals surface area contributed by atoms with Crippen LogP contribution in [0.25, 0.3) is 0 Å². The van der Waals surface area contributed by atoms with Crippen LogP contribution in [-0.4, -0.2) is 25.2 Å². The number of hydrogen-bond acceptors (Lipinski definition) is 4. The van der Waals surface area contributed by atoms with Gasteiger partial charge in [0, 0.05) is 11.8 Å². The van der Waals surface area contributed by atoms with Crippen molar-refractivity contribution in [3.63, 3.8) is 0 Å². The molecule has 1 aliphatic heterocycles. The van der Waals surface area contributed by atoms with E-state index >= 15 is 0 Å². The number of ether oxygens (including phenoxy) is 2. The minimum absolute atomic E-state index is 0.0781. The fourth-order valence-electron chi connectivity index (χ4n) is 1.83. The smallest absolute Gasteiger partial charge is 0.228 e. The van der Waals surface area contributed by atoms with Gasteiger partial charge in [-0.3, -0.25) is 4.79 Å². The zero-order valence-electron chi connectivity index (χ0n) is 11.2. The van der Waals surface area contributed by atoms with E-state index in [1.54, 1.807) is 6.07 Å². The van der Waals surface area contributed by atoms with E-state index in [0.717, 1.165) is 5.56 Å². The summed E-state index contributed by atoms with van der Waals surface area (Å²) in [7, 11) is 0. The van der Waals surface area contributed by atoms with Gasteiger partial charge in [0.1, 0.15) is 12.7 Å². The Hall–Kier alpha value is -1.92. The van der Waals surface area contributed by atoms with Gasteiger partial charge >= 0.3 is 0 Å². The summed E-state index contributed by atoms with van der Waals surface area (Å²) >= 11 is 1.54. The van der Waals surface area contributed by atoms with E-state index in [2.05, 4.69) is 5.32 Å². The Bertz CT molecular complexity index is 626. The van der Waals surface area contributed by atoms with Crippen LogP contribution < -0.4 is 10.1 Å². The SMILES string of the molecule is O=C(Cc1ccsc1)Nc1ccc(OCC2CO2)c(F)c1. The summed E-state index contributed by atoms with van der Waals surface area (Å²) in [5.41, 5.74) is 1.37. The van der Waals surface area contributed by atoms with Crippen LogP contribution in [0, 0.1) is 5.82 Å². The lowest BCUT2D eigenvalue weighted by Gasteiger charge is -2.08. The highest BCUT2D eigenvalue weighted by molar-refractivity contribution is 7.08. The predicted molar refractivity (Wildman–Crippen MR) is 78.3 cm³/mol. The number of hydrogen-bond donors (Lipinski definition) is 1. The summed E-state index contributed by atoms with van der Waals surface area (Å²) in [4.78, 5) is 11.8. The van der Waals surface area contributed by atoms with Gasteiger partial charge in [0.05, 0.1) is 13.0 Å². The minimum atomic E-state index is -0.496. The van der Waals surface area contributed by atoms with Gasteiger partial charge in [0.15, 0.2) is 11.6 Å². The van der Waals surface area contributed by atoms with E-state index in [9.17, 15) is 9.18 Å². The Kier molecular flexibility index (Phi) is 4.17. The maximum atomic E-state index is 13.8. The highest BCUT2D eigenvalue weighted by Crippen LogP contribution is 2.23. The lowest BCUT2D eigenvalue weighted by molar-refractivity contribution is -0.115. The number of carbonyl (C=O) groups excluding carboxylic acids is 1. The van der Waals surface area contributed by atoms with Crippen molar-refractivity contribution in [3.8, 4) is 5.75 Å². The van der Waals surface area contributed by atoms with E-state index in [4.69, 9.17) is 9.47 Å². The lowest BCUT2D eigenvalue weighted by atomic mass is 10.2. The normalized spacial score (nSPS) is 16.5. The molecule has 1 aromatic carbocycles. The summed E-state index contributed by atoms with van der Waals surface area (Å²) in [6, 6.07) is 6.28. The lowest BCUT2D eigenvalue weighted by Crippen LogP contribution is -2.14. The molecule has 2 aromatic rings. The largest absolute Gasteiger partial charge is 0.488 e. The van der Waals surface area contributed by atoms with Gasteiger partial charge in [-0.1, -0.05) is 0 Å². The second-order valence-corrected chi connectivity index (χ2v) is 5.55. The van der Waals surface area contributed by atoms with Crippen molar-refractivity contribution in [2.24, 2.45) is 0 Å². The second-order valence-electron chi connectivity index (χ2n) is 4.77. The number of halogens is 1. The van der Waals surface area contributed by atoms with Gasteiger partial charge in [0.25, 0.3) is 0 Å². The zero-order chi connectivity index (χ0) is 14.7. The van der Waals surface area contributed by atoms with Crippen LogP contribution in [-0.2, 0) is 16.0 Å². The Labute approximate surface area is 125 Å². The van der Waals surface area contributed by atoms with Gasteiger partial charge in [-0.15, -0.1) is 0 Å². The molecule has 1 aliphatic rings. The molecular weight excluding hydrogens is 293 g/mol. The first-order valence-electron chi connectivity index (χ1n) is 6.55. The summed E-state index contributed by atoms with van der Waals surface area (Å²) in [6.45, 7) is 1.01. The number of nitrogens with one attached hydrogen (secondary N) is 1. The Balaban J connectivity index is 1.57. The molecule has 1 saturated heterocycles. The molecular formula is C15H14FNO3S. The maximum Gasteiger partial charge on any atom is 0.228 e. The molecule has 6 heteroatoms. The fourth-order valence-corrected chi connectivity index (χ4v) is 2.50. The number of anilines is 1. The standard InChI is InChI=1S/C15H14FNO3S/c16-13-6-11(1-2-14(13)20-8-12-7-19-12)17-15(18)5-10-3-4-21-9-10/h1-4,6,9,12H,5,7-8H2,(H,17,18). The quantitative estimate of drug-likeness (QED) is 0.835. The number of amides is 1. The van der Waals surface area contributed by atoms with Crippen molar-refractivity contribution in [3.05, 3.63) is 46.4 Å². The van der Waals surface area contributed by atoms with Crippen LogP contribution in [0.15, 0.2) is 35.0 Å². The van der Waals surface area contributed by atoms with Crippen molar-refractivity contribution < 1.29 is 18.7 Å². The number of thiophene rings is 1. The van der Waals surface area contributed by atoms with Crippen LogP contribution >= 0.6 is 11.3 Å². The molecule has 1 unspecified atom stereocenters. The zero-order valence-corrected chi connectivity index (χ0v) is 12.0. The molecule has 2 heterocycles. The maximum absolute atomic E-state index is 13.8. The molecule has 1 amide bonds. The number of carbonyl (C=O) groups is 1. The summed E-state index contributed by atoms with van der Waals surface area (Å²) in [5, 5.41) is 6.50. The van der Waals surface area contributed by atoms with Crippen molar-refractivity contribution in [1.29, 1.82) is 0 Å². The van der Waals surface area contributed by atoms with E-state index in [-0.39, 0.29) is 24.2 Å². The predicted octanol–water partition coefficient (Wildman–Crippen LogP) is 2.85. The monoisotopic (exact) mass is 307 g/mol. The summed E-state index contributed by atoms with van der Waals surface area (Å²) < 4.78 is 24.1. The topological polar surface area (TPSA) is 50.9 Å². The van der Waals surface area contributed by atoms with Gasteiger partial charge in [-0.05, 0) is 34.5 Å². The van der Waals surface area contributed by atoms with Crippen LogP contribution in [0.5, 0.6) is 5.75 Å². The fraction of sp³-hybridized carbons (Fsp3) is 0.267. The molecule has 21 heavy (non-hydrogen) atoms. The van der Waals surface area contributed by atoms with Crippen molar-refractivity contribution in [2.75, 3.05) is 18.5 Å². The minimum Gasteiger partial charge on any atom is -0.488 e. The molecule has 110 valence electrons. The van der Waals surface area contributed by atoms with E-state index in [1.807, 2.05) is 16.8 Å².